The van der Waals surface area contributed by atoms with Crippen molar-refractivity contribution >= 4 is 17.5 Å². The van der Waals surface area contributed by atoms with E-state index in [1.54, 1.807) is 6.07 Å². The Kier molecular flexibility index (Phi) is 5.38. The molecule has 0 saturated carbocycles. The van der Waals surface area contributed by atoms with Gasteiger partial charge in [-0.25, -0.2) is 0 Å². The number of hydrogen-bond acceptors (Lipinski definition) is 5. The fourth-order valence-electron chi connectivity index (χ4n) is 3.13. The lowest BCUT2D eigenvalue weighted by atomic mass is 10.0. The van der Waals surface area contributed by atoms with Crippen molar-refractivity contribution < 1.29 is 9.32 Å². The van der Waals surface area contributed by atoms with Crippen LogP contribution in [-0.4, -0.2) is 41.1 Å². The van der Waals surface area contributed by atoms with E-state index in [2.05, 4.69) is 51.9 Å². The number of amides is 1. The Hall–Kier alpha value is -2.34. The molecule has 1 aliphatic heterocycles. The van der Waals surface area contributed by atoms with Gasteiger partial charge in [0.1, 0.15) is 0 Å². The number of nitrogens with one attached hydrogen (secondary N) is 2. The highest BCUT2D eigenvalue weighted by Crippen LogP contribution is 2.19. The first kappa shape index (κ1) is 17.5. The van der Waals surface area contributed by atoms with Crippen molar-refractivity contribution in [3.8, 4) is 0 Å². The molecule has 1 fully saturated rings. The van der Waals surface area contributed by atoms with Gasteiger partial charge in [-0.15, -0.1) is 0 Å². The molecule has 1 saturated heterocycles. The number of benzene rings is 1. The minimum absolute atomic E-state index is 0.0545. The van der Waals surface area contributed by atoms with Crippen LogP contribution in [0.2, 0.25) is 0 Å². The lowest BCUT2D eigenvalue weighted by Gasteiger charge is -2.35. The zero-order chi connectivity index (χ0) is 17.8. The lowest BCUT2D eigenvalue weighted by Crippen LogP contribution is -2.48. The van der Waals surface area contributed by atoms with E-state index in [4.69, 9.17) is 4.52 Å². The van der Waals surface area contributed by atoms with E-state index in [-0.39, 0.29) is 11.9 Å². The number of rotatable bonds is 5. The zero-order valence-corrected chi connectivity index (χ0v) is 15.1. The van der Waals surface area contributed by atoms with Gasteiger partial charge >= 0.3 is 0 Å². The van der Waals surface area contributed by atoms with Crippen LogP contribution in [0.25, 0.3) is 0 Å². The molecule has 1 aromatic carbocycles. The molecule has 0 spiro atoms. The Morgan fingerprint density at radius 3 is 2.52 bits per heavy atom. The molecular weight excluding hydrogens is 316 g/mol. The standard InChI is InChI=1S/C19H26N4O2/c1-13-4-6-16(7-5-13)20-17-8-10-23(11-9-17)15(3)19(24)21-18-12-14(2)22-25-18/h4-7,12,15,17,20H,8-11H2,1-3H3,(H,21,24)/t15-/m0/s1. The van der Waals surface area contributed by atoms with E-state index >= 15 is 0 Å². The van der Waals surface area contributed by atoms with Crippen LogP contribution >= 0.6 is 0 Å². The highest BCUT2D eigenvalue weighted by atomic mass is 16.5. The smallest absolute Gasteiger partial charge is 0.243 e. The second-order valence-electron chi connectivity index (χ2n) is 6.82. The summed E-state index contributed by atoms with van der Waals surface area (Å²) in [5.74, 6) is 0.353. The Morgan fingerprint density at radius 1 is 1.24 bits per heavy atom. The van der Waals surface area contributed by atoms with E-state index in [0.29, 0.717) is 11.9 Å². The number of nitrogens with zero attached hydrogens (tertiary/aromatic N) is 2. The lowest BCUT2D eigenvalue weighted by molar-refractivity contribution is -0.121. The van der Waals surface area contributed by atoms with Crippen molar-refractivity contribution in [1.29, 1.82) is 0 Å². The second-order valence-corrected chi connectivity index (χ2v) is 6.82. The molecule has 6 nitrogen and oxygen atoms in total. The SMILES string of the molecule is Cc1ccc(NC2CCN([C@@H](C)C(=O)Nc3cc(C)no3)CC2)cc1. The molecular formula is C19H26N4O2. The summed E-state index contributed by atoms with van der Waals surface area (Å²) in [4.78, 5) is 14.6. The van der Waals surface area contributed by atoms with Crippen molar-refractivity contribution in [2.24, 2.45) is 0 Å². The molecule has 1 amide bonds. The molecule has 6 heteroatoms. The maximum Gasteiger partial charge on any atom is 0.243 e. The van der Waals surface area contributed by atoms with Gasteiger partial charge in [-0.1, -0.05) is 22.9 Å². The predicted octanol–water partition coefficient (Wildman–Crippen LogP) is 3.19. The van der Waals surface area contributed by atoms with E-state index in [1.807, 2.05) is 13.8 Å². The predicted molar refractivity (Wildman–Crippen MR) is 98.7 cm³/mol. The fraction of sp³-hybridized carbons (Fsp3) is 0.474. The summed E-state index contributed by atoms with van der Waals surface area (Å²) < 4.78 is 5.05. The van der Waals surface area contributed by atoms with Crippen LogP contribution in [0.1, 0.15) is 31.0 Å². The Bertz CT molecular complexity index is 702. The third-order valence-corrected chi connectivity index (χ3v) is 4.75. The van der Waals surface area contributed by atoms with Gasteiger partial charge in [0.25, 0.3) is 0 Å². The van der Waals surface area contributed by atoms with Gasteiger partial charge in [0.05, 0.1) is 11.7 Å². The van der Waals surface area contributed by atoms with Gasteiger partial charge in [-0.2, -0.15) is 0 Å². The minimum atomic E-state index is -0.189. The second kappa shape index (κ2) is 7.70. The van der Waals surface area contributed by atoms with Gasteiger partial charge in [0, 0.05) is 30.9 Å². The van der Waals surface area contributed by atoms with E-state index in [1.165, 1.54) is 5.56 Å². The summed E-state index contributed by atoms with van der Waals surface area (Å²) in [6.45, 7) is 7.65. The van der Waals surface area contributed by atoms with Gasteiger partial charge in [-0.05, 0) is 45.7 Å². The van der Waals surface area contributed by atoms with Crippen molar-refractivity contribution in [3.63, 3.8) is 0 Å². The molecule has 0 bridgehead atoms. The fourth-order valence-corrected chi connectivity index (χ4v) is 3.13. The van der Waals surface area contributed by atoms with Crippen LogP contribution in [0.4, 0.5) is 11.6 Å². The van der Waals surface area contributed by atoms with E-state index < -0.39 is 0 Å². The average Bonchev–Trinajstić information content (AvgIpc) is 3.02. The molecule has 1 aromatic heterocycles. The monoisotopic (exact) mass is 342 g/mol. The molecule has 2 N–H and O–H groups in total. The van der Waals surface area contributed by atoms with Crippen LogP contribution in [0, 0.1) is 13.8 Å². The van der Waals surface area contributed by atoms with Crippen molar-refractivity contribution in [1.82, 2.24) is 10.1 Å². The van der Waals surface area contributed by atoms with Gasteiger partial charge < -0.3 is 9.84 Å². The normalized spacial score (nSPS) is 17.2. The first-order valence-electron chi connectivity index (χ1n) is 8.82. The molecule has 1 atom stereocenters. The Balaban J connectivity index is 1.47. The molecule has 2 heterocycles. The summed E-state index contributed by atoms with van der Waals surface area (Å²) in [5.41, 5.74) is 3.18. The number of likely N-dealkylation sites (tertiary alicyclic amines) is 1. The summed E-state index contributed by atoms with van der Waals surface area (Å²) in [7, 11) is 0. The van der Waals surface area contributed by atoms with Crippen molar-refractivity contribution in [2.75, 3.05) is 23.7 Å². The largest absolute Gasteiger partial charge is 0.382 e. The first-order chi connectivity index (χ1) is 12.0. The first-order valence-corrected chi connectivity index (χ1v) is 8.82. The number of aromatic nitrogens is 1. The summed E-state index contributed by atoms with van der Waals surface area (Å²) in [5, 5.41) is 10.2. The molecule has 2 aromatic rings. The molecule has 134 valence electrons. The topological polar surface area (TPSA) is 70.4 Å². The van der Waals surface area contributed by atoms with Crippen LogP contribution in [0.5, 0.6) is 0 Å². The Morgan fingerprint density at radius 2 is 1.92 bits per heavy atom. The number of anilines is 2. The summed E-state index contributed by atoms with van der Waals surface area (Å²) in [6, 6.07) is 10.5. The van der Waals surface area contributed by atoms with Crippen LogP contribution < -0.4 is 10.6 Å². The molecule has 0 unspecified atom stereocenters. The summed E-state index contributed by atoms with van der Waals surface area (Å²) in [6.07, 6.45) is 2.04. The molecule has 0 aliphatic carbocycles. The molecule has 1 aliphatic rings. The van der Waals surface area contributed by atoms with Crippen LogP contribution in [-0.2, 0) is 4.79 Å². The van der Waals surface area contributed by atoms with Crippen LogP contribution in [0.3, 0.4) is 0 Å². The van der Waals surface area contributed by atoms with E-state index in [0.717, 1.165) is 37.3 Å². The van der Waals surface area contributed by atoms with Crippen molar-refractivity contribution in [3.05, 3.63) is 41.6 Å². The zero-order valence-electron chi connectivity index (χ0n) is 15.1. The number of carbonyl (C=O) groups excluding carboxylic acids is 1. The van der Waals surface area contributed by atoms with Crippen molar-refractivity contribution in [2.45, 2.75) is 45.7 Å². The highest BCUT2D eigenvalue weighted by Gasteiger charge is 2.27. The number of carbonyl (C=O) groups is 1. The maximum absolute atomic E-state index is 12.4. The van der Waals surface area contributed by atoms with Gasteiger partial charge in [0.15, 0.2) is 0 Å². The number of aryl methyl sites for hydroxylation is 2. The Labute approximate surface area is 148 Å². The third-order valence-electron chi connectivity index (χ3n) is 4.75. The average molecular weight is 342 g/mol. The molecule has 3 rings (SSSR count). The van der Waals surface area contributed by atoms with Gasteiger partial charge in [-0.3, -0.25) is 15.0 Å². The number of hydrogen-bond donors (Lipinski definition) is 2. The van der Waals surface area contributed by atoms with E-state index in [9.17, 15) is 4.79 Å². The summed E-state index contributed by atoms with van der Waals surface area (Å²) >= 11 is 0. The highest BCUT2D eigenvalue weighted by molar-refractivity contribution is 5.93. The quantitative estimate of drug-likeness (QED) is 0.873. The minimum Gasteiger partial charge on any atom is -0.382 e. The van der Waals surface area contributed by atoms with Gasteiger partial charge in [0.2, 0.25) is 11.8 Å². The number of piperidine rings is 1. The molecule has 0 radical (unpaired) electrons. The third kappa shape index (κ3) is 4.60. The van der Waals surface area contributed by atoms with Crippen LogP contribution in [0.15, 0.2) is 34.9 Å². The molecule has 25 heavy (non-hydrogen) atoms. The maximum atomic E-state index is 12.4.